The Bertz CT molecular complexity index is 499. The SMILES string of the molecule is CCNC(=O)[C@@H]1C[C@@H](N)CN1Cc1c(OC)cccc1OC. The van der Waals surface area contributed by atoms with E-state index in [4.69, 9.17) is 15.2 Å². The molecule has 3 N–H and O–H groups in total. The first-order valence-electron chi connectivity index (χ1n) is 7.57. The van der Waals surface area contributed by atoms with Crippen molar-refractivity contribution in [3.63, 3.8) is 0 Å². The summed E-state index contributed by atoms with van der Waals surface area (Å²) in [6.45, 7) is 3.79. The molecule has 1 amide bonds. The lowest BCUT2D eigenvalue weighted by Gasteiger charge is -2.25. The summed E-state index contributed by atoms with van der Waals surface area (Å²) < 4.78 is 10.9. The zero-order valence-electron chi connectivity index (χ0n) is 13.5. The van der Waals surface area contributed by atoms with Crippen molar-refractivity contribution >= 4 is 5.91 Å². The molecule has 6 heteroatoms. The summed E-state index contributed by atoms with van der Waals surface area (Å²) in [6, 6.07) is 5.49. The maximum atomic E-state index is 12.2. The van der Waals surface area contributed by atoms with Gasteiger partial charge in [0.1, 0.15) is 11.5 Å². The number of carbonyl (C=O) groups is 1. The van der Waals surface area contributed by atoms with E-state index in [0.717, 1.165) is 17.1 Å². The highest BCUT2D eigenvalue weighted by molar-refractivity contribution is 5.82. The van der Waals surface area contributed by atoms with Crippen molar-refractivity contribution in [2.75, 3.05) is 27.3 Å². The van der Waals surface area contributed by atoms with E-state index in [-0.39, 0.29) is 18.0 Å². The lowest BCUT2D eigenvalue weighted by Crippen LogP contribution is -2.42. The number of amides is 1. The number of nitrogens with zero attached hydrogens (tertiary/aromatic N) is 1. The zero-order chi connectivity index (χ0) is 16.1. The number of benzene rings is 1. The van der Waals surface area contributed by atoms with Crippen LogP contribution in [0.2, 0.25) is 0 Å². The van der Waals surface area contributed by atoms with Gasteiger partial charge in [-0.25, -0.2) is 0 Å². The van der Waals surface area contributed by atoms with Gasteiger partial charge < -0.3 is 20.5 Å². The maximum absolute atomic E-state index is 12.2. The second kappa shape index (κ2) is 7.47. The lowest BCUT2D eigenvalue weighted by atomic mass is 10.1. The Balaban J connectivity index is 2.23. The number of nitrogens with two attached hydrogens (primary N) is 1. The van der Waals surface area contributed by atoms with E-state index >= 15 is 0 Å². The molecule has 0 bridgehead atoms. The van der Waals surface area contributed by atoms with E-state index in [0.29, 0.717) is 26.1 Å². The number of rotatable bonds is 6. The maximum Gasteiger partial charge on any atom is 0.237 e. The molecule has 1 aliphatic heterocycles. The van der Waals surface area contributed by atoms with Gasteiger partial charge in [-0.3, -0.25) is 9.69 Å². The van der Waals surface area contributed by atoms with E-state index in [2.05, 4.69) is 10.2 Å². The number of nitrogens with one attached hydrogen (secondary N) is 1. The van der Waals surface area contributed by atoms with Crippen molar-refractivity contribution in [1.82, 2.24) is 10.2 Å². The van der Waals surface area contributed by atoms with Crippen molar-refractivity contribution in [1.29, 1.82) is 0 Å². The van der Waals surface area contributed by atoms with Crippen LogP contribution in [-0.4, -0.2) is 50.2 Å². The molecule has 1 saturated heterocycles. The molecule has 1 aromatic carbocycles. The topological polar surface area (TPSA) is 76.8 Å². The summed E-state index contributed by atoms with van der Waals surface area (Å²) in [5.74, 6) is 1.55. The molecule has 0 saturated carbocycles. The molecular weight excluding hydrogens is 282 g/mol. The summed E-state index contributed by atoms with van der Waals surface area (Å²) in [6.07, 6.45) is 0.670. The number of methoxy groups -OCH3 is 2. The van der Waals surface area contributed by atoms with E-state index in [1.807, 2.05) is 25.1 Å². The number of hydrogen-bond acceptors (Lipinski definition) is 5. The number of ether oxygens (including phenoxy) is 2. The number of likely N-dealkylation sites (N-methyl/N-ethyl adjacent to an activating group) is 1. The van der Waals surface area contributed by atoms with Gasteiger partial charge >= 0.3 is 0 Å². The van der Waals surface area contributed by atoms with Gasteiger partial charge in [-0.1, -0.05) is 6.07 Å². The summed E-state index contributed by atoms with van der Waals surface area (Å²) >= 11 is 0. The summed E-state index contributed by atoms with van der Waals surface area (Å²) in [5, 5.41) is 2.88. The Morgan fingerprint density at radius 1 is 1.36 bits per heavy atom. The first kappa shape index (κ1) is 16.6. The molecule has 0 radical (unpaired) electrons. The average Bonchev–Trinajstić information content (AvgIpc) is 2.88. The quantitative estimate of drug-likeness (QED) is 0.811. The molecule has 0 spiro atoms. The van der Waals surface area contributed by atoms with E-state index in [1.54, 1.807) is 14.2 Å². The lowest BCUT2D eigenvalue weighted by molar-refractivity contribution is -0.125. The van der Waals surface area contributed by atoms with Gasteiger partial charge in [0.2, 0.25) is 5.91 Å². The fourth-order valence-electron chi connectivity index (χ4n) is 2.97. The van der Waals surface area contributed by atoms with Crippen LogP contribution < -0.4 is 20.5 Å². The van der Waals surface area contributed by atoms with E-state index in [9.17, 15) is 4.79 Å². The molecule has 0 aliphatic carbocycles. The standard InChI is InChI=1S/C16H25N3O3/c1-4-18-16(20)13-8-11(17)9-19(13)10-12-14(21-2)6-5-7-15(12)22-3/h5-7,11,13H,4,8-10,17H2,1-3H3,(H,18,20)/t11-,13+/m1/s1. The number of likely N-dealkylation sites (tertiary alicyclic amines) is 1. The van der Waals surface area contributed by atoms with Gasteiger partial charge in [0.15, 0.2) is 0 Å². The third-order valence-corrected chi connectivity index (χ3v) is 3.98. The Morgan fingerprint density at radius 3 is 2.55 bits per heavy atom. The highest BCUT2D eigenvalue weighted by Gasteiger charge is 2.35. The smallest absolute Gasteiger partial charge is 0.237 e. The molecule has 1 heterocycles. The predicted octanol–water partition coefficient (Wildman–Crippen LogP) is 0.742. The number of carbonyl (C=O) groups excluding carboxylic acids is 1. The van der Waals surface area contributed by atoms with Crippen LogP contribution in [0.15, 0.2) is 18.2 Å². The molecule has 0 unspecified atom stereocenters. The first-order valence-corrected chi connectivity index (χ1v) is 7.57. The van der Waals surface area contributed by atoms with Crippen LogP contribution in [0.25, 0.3) is 0 Å². The first-order chi connectivity index (χ1) is 10.6. The Morgan fingerprint density at radius 2 is 2.00 bits per heavy atom. The van der Waals surface area contributed by atoms with Crippen LogP contribution in [0.4, 0.5) is 0 Å². The van der Waals surface area contributed by atoms with Crippen molar-refractivity contribution < 1.29 is 14.3 Å². The Hall–Kier alpha value is -1.79. The van der Waals surface area contributed by atoms with Gasteiger partial charge in [-0.15, -0.1) is 0 Å². The van der Waals surface area contributed by atoms with Crippen molar-refractivity contribution in [3.05, 3.63) is 23.8 Å². The molecule has 1 aliphatic rings. The van der Waals surface area contributed by atoms with Crippen LogP contribution in [0, 0.1) is 0 Å². The minimum Gasteiger partial charge on any atom is -0.496 e. The largest absolute Gasteiger partial charge is 0.496 e. The van der Waals surface area contributed by atoms with Crippen LogP contribution in [-0.2, 0) is 11.3 Å². The fourth-order valence-corrected chi connectivity index (χ4v) is 2.97. The third-order valence-electron chi connectivity index (χ3n) is 3.98. The van der Waals surface area contributed by atoms with E-state index < -0.39 is 0 Å². The molecule has 1 fully saturated rings. The van der Waals surface area contributed by atoms with Gasteiger partial charge in [-0.2, -0.15) is 0 Å². The molecule has 1 aromatic rings. The average molecular weight is 307 g/mol. The van der Waals surface area contributed by atoms with Gasteiger partial charge in [0.05, 0.1) is 25.8 Å². The highest BCUT2D eigenvalue weighted by atomic mass is 16.5. The predicted molar refractivity (Wildman–Crippen MR) is 85.0 cm³/mol. The zero-order valence-corrected chi connectivity index (χ0v) is 13.5. The van der Waals surface area contributed by atoms with Crippen LogP contribution in [0.5, 0.6) is 11.5 Å². The normalized spacial score (nSPS) is 21.6. The number of hydrogen-bond donors (Lipinski definition) is 2. The third kappa shape index (κ3) is 3.51. The van der Waals surface area contributed by atoms with Crippen molar-refractivity contribution in [3.8, 4) is 11.5 Å². The van der Waals surface area contributed by atoms with Crippen LogP contribution in [0.3, 0.4) is 0 Å². The highest BCUT2D eigenvalue weighted by Crippen LogP contribution is 2.31. The Kier molecular flexibility index (Phi) is 5.63. The molecule has 6 nitrogen and oxygen atoms in total. The minimum absolute atomic E-state index is 0.00769. The van der Waals surface area contributed by atoms with Gasteiger partial charge in [0, 0.05) is 25.7 Å². The molecule has 2 atom stereocenters. The Labute approximate surface area is 131 Å². The summed E-state index contributed by atoms with van der Waals surface area (Å²) in [7, 11) is 3.27. The van der Waals surface area contributed by atoms with E-state index in [1.165, 1.54) is 0 Å². The fraction of sp³-hybridized carbons (Fsp3) is 0.562. The molecule has 122 valence electrons. The van der Waals surface area contributed by atoms with Crippen LogP contribution >= 0.6 is 0 Å². The summed E-state index contributed by atoms with van der Waals surface area (Å²) in [4.78, 5) is 14.3. The molecule has 0 aromatic heterocycles. The second-order valence-corrected chi connectivity index (χ2v) is 5.48. The molecule has 2 rings (SSSR count). The van der Waals surface area contributed by atoms with Gasteiger partial charge in [0.25, 0.3) is 0 Å². The monoisotopic (exact) mass is 307 g/mol. The van der Waals surface area contributed by atoms with Crippen molar-refractivity contribution in [2.24, 2.45) is 5.73 Å². The second-order valence-electron chi connectivity index (χ2n) is 5.48. The van der Waals surface area contributed by atoms with Crippen LogP contribution in [0.1, 0.15) is 18.9 Å². The summed E-state index contributed by atoms with van der Waals surface area (Å²) in [5.41, 5.74) is 7.00. The van der Waals surface area contributed by atoms with Gasteiger partial charge in [-0.05, 0) is 25.5 Å². The van der Waals surface area contributed by atoms with Crippen molar-refractivity contribution in [2.45, 2.75) is 32.0 Å². The molecular formula is C16H25N3O3. The minimum atomic E-state index is -0.204. The molecule has 22 heavy (non-hydrogen) atoms.